The summed E-state index contributed by atoms with van der Waals surface area (Å²) in [6, 6.07) is 5.54. The van der Waals surface area contributed by atoms with Crippen LogP contribution in [0.4, 0.5) is 0 Å². The molecule has 1 aliphatic rings. The number of methoxy groups -OCH3 is 1. The molecular formula is C18H26N2O3S. The molecule has 1 aliphatic carbocycles. The van der Waals surface area contributed by atoms with Crippen LogP contribution in [0.3, 0.4) is 0 Å². The summed E-state index contributed by atoms with van der Waals surface area (Å²) in [6.45, 7) is 6.67. The van der Waals surface area contributed by atoms with E-state index in [1.807, 2.05) is 18.2 Å². The molecule has 5 nitrogen and oxygen atoms in total. The quantitative estimate of drug-likeness (QED) is 0.883. The van der Waals surface area contributed by atoms with Gasteiger partial charge < -0.3 is 9.72 Å². The van der Waals surface area contributed by atoms with Crippen LogP contribution < -0.4 is 4.74 Å². The van der Waals surface area contributed by atoms with Crippen LogP contribution in [0.15, 0.2) is 23.4 Å². The molecule has 0 bridgehead atoms. The van der Waals surface area contributed by atoms with E-state index in [2.05, 4.69) is 30.7 Å². The molecule has 0 amide bonds. The summed E-state index contributed by atoms with van der Waals surface area (Å²) in [4.78, 5) is 7.50. The van der Waals surface area contributed by atoms with Gasteiger partial charge in [-0.25, -0.2) is 9.19 Å². The molecule has 6 heteroatoms. The SMILES string of the molecule is COc1ccc2nc([S@](=O)O[C@@H]3C[C@H](C)CC[C@H]3C(C)C)[nH]c2c1. The van der Waals surface area contributed by atoms with Gasteiger partial charge in [-0.2, -0.15) is 0 Å². The van der Waals surface area contributed by atoms with Gasteiger partial charge in [0.2, 0.25) is 16.2 Å². The van der Waals surface area contributed by atoms with E-state index in [0.29, 0.717) is 22.9 Å². The van der Waals surface area contributed by atoms with Gasteiger partial charge in [0.15, 0.2) is 0 Å². The molecule has 1 heterocycles. The summed E-state index contributed by atoms with van der Waals surface area (Å²) in [6.07, 6.45) is 3.35. The summed E-state index contributed by atoms with van der Waals surface area (Å²) in [5.74, 6) is 2.33. The lowest BCUT2D eigenvalue weighted by molar-refractivity contribution is 0.0563. The molecule has 24 heavy (non-hydrogen) atoms. The number of ether oxygens (including phenoxy) is 1. The molecule has 2 aromatic rings. The Labute approximate surface area is 145 Å². The zero-order valence-electron chi connectivity index (χ0n) is 14.7. The second-order valence-corrected chi connectivity index (χ2v) is 8.17. The largest absolute Gasteiger partial charge is 0.497 e. The zero-order chi connectivity index (χ0) is 17.3. The minimum absolute atomic E-state index is 0.0253. The monoisotopic (exact) mass is 350 g/mol. The summed E-state index contributed by atoms with van der Waals surface area (Å²) in [5, 5.41) is 0.374. The van der Waals surface area contributed by atoms with Gasteiger partial charge in [-0.3, -0.25) is 4.18 Å². The number of hydrogen-bond donors (Lipinski definition) is 1. The molecule has 0 saturated heterocycles. The number of imidazole rings is 1. The molecule has 1 saturated carbocycles. The highest BCUT2D eigenvalue weighted by Gasteiger charge is 2.33. The average molecular weight is 350 g/mol. The molecule has 4 atom stereocenters. The Hall–Kier alpha value is -1.40. The lowest BCUT2D eigenvalue weighted by Gasteiger charge is -2.36. The van der Waals surface area contributed by atoms with Gasteiger partial charge in [-0.05, 0) is 42.7 Å². The minimum Gasteiger partial charge on any atom is -0.497 e. The van der Waals surface area contributed by atoms with Crippen molar-refractivity contribution in [3.05, 3.63) is 18.2 Å². The standard InChI is InChI=1S/C18H26N2O3S/c1-11(2)14-7-5-12(3)9-17(14)23-24(21)18-19-15-8-6-13(22-4)10-16(15)20-18/h6,8,10-12,14,17H,5,7,9H2,1-4H3,(H,19,20)/t12-,14+,17-,24-/m1/s1. The molecule has 1 N–H and O–H groups in total. The first-order valence-corrected chi connectivity index (χ1v) is 9.68. The first kappa shape index (κ1) is 17.4. The van der Waals surface area contributed by atoms with Crippen LogP contribution >= 0.6 is 0 Å². The Bertz CT molecular complexity index is 728. The van der Waals surface area contributed by atoms with Crippen molar-refractivity contribution in [2.24, 2.45) is 17.8 Å². The van der Waals surface area contributed by atoms with Gasteiger partial charge in [0.25, 0.3) is 0 Å². The number of nitrogens with one attached hydrogen (secondary N) is 1. The number of aromatic nitrogens is 2. The van der Waals surface area contributed by atoms with E-state index < -0.39 is 11.1 Å². The molecule has 1 fully saturated rings. The lowest BCUT2D eigenvalue weighted by Crippen LogP contribution is -2.34. The topological polar surface area (TPSA) is 64.2 Å². The van der Waals surface area contributed by atoms with Crippen molar-refractivity contribution in [1.29, 1.82) is 0 Å². The Kier molecular flexibility index (Phi) is 5.25. The predicted molar refractivity (Wildman–Crippen MR) is 95.3 cm³/mol. The zero-order valence-corrected chi connectivity index (χ0v) is 15.6. The van der Waals surface area contributed by atoms with Crippen LogP contribution in [0.1, 0.15) is 40.0 Å². The van der Waals surface area contributed by atoms with Crippen molar-refractivity contribution >= 4 is 22.1 Å². The van der Waals surface area contributed by atoms with Gasteiger partial charge in [0.1, 0.15) is 5.75 Å². The number of nitrogens with zero attached hydrogens (tertiary/aromatic N) is 1. The van der Waals surface area contributed by atoms with Gasteiger partial charge in [0.05, 0.1) is 24.2 Å². The fraction of sp³-hybridized carbons (Fsp3) is 0.611. The van der Waals surface area contributed by atoms with Gasteiger partial charge in [-0.1, -0.05) is 27.2 Å². The second kappa shape index (κ2) is 7.23. The Morgan fingerprint density at radius 3 is 2.83 bits per heavy atom. The summed E-state index contributed by atoms with van der Waals surface area (Å²) in [7, 11) is 1.62. The smallest absolute Gasteiger partial charge is 0.226 e. The molecule has 0 unspecified atom stereocenters. The van der Waals surface area contributed by atoms with Crippen molar-refractivity contribution in [3.8, 4) is 5.75 Å². The Morgan fingerprint density at radius 2 is 2.12 bits per heavy atom. The van der Waals surface area contributed by atoms with Crippen LogP contribution in [0.25, 0.3) is 11.0 Å². The predicted octanol–water partition coefficient (Wildman–Crippen LogP) is 4.07. The Balaban J connectivity index is 1.78. The number of fused-ring (bicyclic) bond motifs is 1. The van der Waals surface area contributed by atoms with E-state index in [9.17, 15) is 4.21 Å². The molecular weight excluding hydrogens is 324 g/mol. The van der Waals surface area contributed by atoms with Crippen molar-refractivity contribution in [1.82, 2.24) is 9.97 Å². The highest BCUT2D eigenvalue weighted by atomic mass is 32.2. The maximum Gasteiger partial charge on any atom is 0.226 e. The van der Waals surface area contributed by atoms with Crippen molar-refractivity contribution in [2.45, 2.75) is 51.3 Å². The Morgan fingerprint density at radius 1 is 1.33 bits per heavy atom. The van der Waals surface area contributed by atoms with Crippen molar-refractivity contribution in [3.63, 3.8) is 0 Å². The third-order valence-electron chi connectivity index (χ3n) is 5.00. The van der Waals surface area contributed by atoms with Gasteiger partial charge >= 0.3 is 0 Å². The lowest BCUT2D eigenvalue weighted by atomic mass is 9.75. The third-order valence-corrected chi connectivity index (χ3v) is 5.93. The molecule has 1 aromatic heterocycles. The van der Waals surface area contributed by atoms with Gasteiger partial charge in [-0.15, -0.1) is 0 Å². The normalized spacial score (nSPS) is 26.0. The number of aromatic amines is 1. The van der Waals surface area contributed by atoms with E-state index >= 15 is 0 Å². The fourth-order valence-corrected chi connectivity index (χ4v) is 4.46. The van der Waals surface area contributed by atoms with E-state index in [4.69, 9.17) is 8.92 Å². The summed E-state index contributed by atoms with van der Waals surface area (Å²) >= 11 is -1.58. The molecule has 0 spiro atoms. The highest BCUT2D eigenvalue weighted by molar-refractivity contribution is 7.80. The van der Waals surface area contributed by atoms with Crippen molar-refractivity contribution < 1.29 is 13.1 Å². The van der Waals surface area contributed by atoms with E-state index in [-0.39, 0.29) is 6.10 Å². The van der Waals surface area contributed by atoms with Crippen LogP contribution in [0.2, 0.25) is 0 Å². The fourth-order valence-electron chi connectivity index (χ4n) is 3.55. The number of H-pyrrole nitrogens is 1. The number of benzene rings is 1. The minimum atomic E-state index is -1.58. The van der Waals surface area contributed by atoms with Crippen LogP contribution in [-0.4, -0.2) is 27.4 Å². The number of hydrogen-bond acceptors (Lipinski definition) is 4. The summed E-state index contributed by atoms with van der Waals surface area (Å²) in [5.41, 5.74) is 1.57. The second-order valence-electron chi connectivity index (χ2n) is 7.12. The average Bonchev–Trinajstić information content (AvgIpc) is 2.97. The highest BCUT2D eigenvalue weighted by Crippen LogP contribution is 2.36. The molecule has 0 aliphatic heterocycles. The van der Waals surface area contributed by atoms with E-state index in [1.165, 1.54) is 6.42 Å². The third kappa shape index (κ3) is 3.64. The number of rotatable bonds is 5. The molecule has 132 valence electrons. The molecule has 0 radical (unpaired) electrons. The molecule has 1 aromatic carbocycles. The van der Waals surface area contributed by atoms with Crippen LogP contribution in [0.5, 0.6) is 5.75 Å². The van der Waals surface area contributed by atoms with Gasteiger partial charge in [0, 0.05) is 6.07 Å². The maximum absolute atomic E-state index is 12.7. The van der Waals surface area contributed by atoms with Crippen molar-refractivity contribution in [2.75, 3.05) is 7.11 Å². The molecule has 3 rings (SSSR count). The van der Waals surface area contributed by atoms with E-state index in [1.54, 1.807) is 7.11 Å². The maximum atomic E-state index is 12.7. The summed E-state index contributed by atoms with van der Waals surface area (Å²) < 4.78 is 23.8. The van der Waals surface area contributed by atoms with Crippen LogP contribution in [-0.2, 0) is 15.3 Å². The first-order valence-electron chi connectivity index (χ1n) is 8.60. The van der Waals surface area contributed by atoms with E-state index in [0.717, 1.165) is 29.6 Å². The first-order chi connectivity index (χ1) is 11.5. The van der Waals surface area contributed by atoms with Crippen LogP contribution in [0, 0.1) is 17.8 Å².